The van der Waals surface area contributed by atoms with Gasteiger partial charge in [-0.05, 0) is 47.5 Å². The fourth-order valence-electron chi connectivity index (χ4n) is 1.76. The lowest BCUT2D eigenvalue weighted by atomic mass is 10.1. The van der Waals surface area contributed by atoms with Crippen LogP contribution in [0.5, 0.6) is 0 Å². The van der Waals surface area contributed by atoms with E-state index in [0.29, 0.717) is 11.3 Å². The van der Waals surface area contributed by atoms with E-state index in [2.05, 4.69) is 9.90 Å². The number of carbonyl (C=O) groups is 1. The summed E-state index contributed by atoms with van der Waals surface area (Å²) in [6.45, 7) is 2.00. The van der Waals surface area contributed by atoms with Crippen LogP contribution in [-0.4, -0.2) is 25.7 Å². The van der Waals surface area contributed by atoms with E-state index >= 15 is 0 Å². The first-order chi connectivity index (χ1) is 11.2. The number of carboxylic acid groups (broad SMARTS) is 1. The molecular formula is C16H18N2O5S. The second kappa shape index (κ2) is 8.78. The van der Waals surface area contributed by atoms with Crippen LogP contribution in [0, 0.1) is 4.91 Å². The first-order valence-corrected chi connectivity index (χ1v) is 8.87. The Balaban J connectivity index is 0.000000243. The van der Waals surface area contributed by atoms with Gasteiger partial charge in [-0.2, -0.15) is 0 Å². The number of carboxylic acids is 1. The molecule has 0 spiro atoms. The number of hydrogen-bond acceptors (Lipinski definition) is 5. The Kier molecular flexibility index (Phi) is 7.06. The van der Waals surface area contributed by atoms with Crippen LogP contribution in [0.25, 0.3) is 0 Å². The molecule has 0 radical (unpaired) electrons. The molecule has 0 aliphatic carbocycles. The molecular weight excluding hydrogens is 332 g/mol. The number of aryl methyl sites for hydroxylation is 1. The third-order valence-electron chi connectivity index (χ3n) is 2.84. The normalized spacial score (nSPS) is 10.2. The highest BCUT2D eigenvalue weighted by atomic mass is 32.2. The molecule has 2 aromatic carbocycles. The van der Waals surface area contributed by atoms with Crippen LogP contribution in [0.1, 0.15) is 22.8 Å². The lowest BCUT2D eigenvalue weighted by Gasteiger charge is -2.02. The van der Waals surface area contributed by atoms with Crippen molar-refractivity contribution in [1.29, 1.82) is 0 Å². The van der Waals surface area contributed by atoms with Gasteiger partial charge in [-0.15, -0.1) is 4.91 Å². The maximum Gasteiger partial charge on any atom is 0.335 e. The van der Waals surface area contributed by atoms with E-state index in [1.54, 1.807) is 24.3 Å². The molecule has 2 rings (SSSR count). The zero-order valence-electron chi connectivity index (χ0n) is 13.3. The van der Waals surface area contributed by atoms with Gasteiger partial charge >= 0.3 is 5.97 Å². The fourth-order valence-corrected chi connectivity index (χ4v) is 2.32. The maximum absolute atomic E-state index is 10.8. The standard InChI is InChI=1S/C9H10O2.C7H8N2O3S/c1-2-7-4-3-5-8(6-7)9(10)11;1-13(11,12)9-7-4-2-3-6(5-7)8-10/h3-6H,2H2,1H3,(H,10,11);2-5,9H,1H3. The highest BCUT2D eigenvalue weighted by molar-refractivity contribution is 7.92. The van der Waals surface area contributed by atoms with Crippen molar-refractivity contribution < 1.29 is 18.3 Å². The molecule has 0 saturated heterocycles. The summed E-state index contributed by atoms with van der Waals surface area (Å²) < 4.78 is 23.8. The molecule has 0 heterocycles. The Labute approximate surface area is 140 Å². The first kappa shape index (κ1) is 19.3. The largest absolute Gasteiger partial charge is 0.478 e. The molecule has 8 heteroatoms. The Morgan fingerprint density at radius 2 is 1.83 bits per heavy atom. The zero-order chi connectivity index (χ0) is 18.2. The molecule has 0 aliphatic rings. The quantitative estimate of drug-likeness (QED) is 0.802. The minimum absolute atomic E-state index is 0.189. The van der Waals surface area contributed by atoms with Crippen LogP contribution in [-0.2, 0) is 16.4 Å². The third-order valence-corrected chi connectivity index (χ3v) is 3.44. The summed E-state index contributed by atoms with van der Waals surface area (Å²) in [5.41, 5.74) is 1.95. The number of nitrogens with zero attached hydrogens (tertiary/aromatic N) is 1. The van der Waals surface area contributed by atoms with Crippen molar-refractivity contribution in [2.45, 2.75) is 13.3 Å². The molecule has 0 amide bonds. The average Bonchev–Trinajstić information content (AvgIpc) is 2.54. The van der Waals surface area contributed by atoms with Gasteiger partial charge in [-0.3, -0.25) is 4.72 Å². The van der Waals surface area contributed by atoms with Gasteiger partial charge < -0.3 is 5.11 Å². The first-order valence-electron chi connectivity index (χ1n) is 6.98. The van der Waals surface area contributed by atoms with Gasteiger partial charge in [0.25, 0.3) is 0 Å². The second-order valence-corrected chi connectivity index (χ2v) is 6.62. The van der Waals surface area contributed by atoms with E-state index in [1.807, 2.05) is 13.0 Å². The summed E-state index contributed by atoms with van der Waals surface area (Å²) >= 11 is 0. The number of rotatable bonds is 5. The van der Waals surface area contributed by atoms with Gasteiger partial charge in [0, 0.05) is 0 Å². The SMILES string of the molecule is CCc1cccc(C(=O)O)c1.CS(=O)(=O)Nc1cccc(N=O)c1. The smallest absolute Gasteiger partial charge is 0.335 e. The Morgan fingerprint density at radius 1 is 1.17 bits per heavy atom. The minimum atomic E-state index is -3.30. The molecule has 0 fully saturated rings. The van der Waals surface area contributed by atoms with Crippen molar-refractivity contribution in [2.75, 3.05) is 11.0 Å². The highest BCUT2D eigenvalue weighted by Crippen LogP contribution is 2.17. The van der Waals surface area contributed by atoms with Crippen LogP contribution >= 0.6 is 0 Å². The summed E-state index contributed by atoms with van der Waals surface area (Å²) in [5.74, 6) is -0.861. The summed E-state index contributed by atoms with van der Waals surface area (Å²) in [6, 6.07) is 12.9. The summed E-state index contributed by atoms with van der Waals surface area (Å²) in [5, 5.41) is 11.3. The molecule has 0 unspecified atom stereocenters. The number of aromatic carboxylic acids is 1. The Morgan fingerprint density at radius 3 is 2.38 bits per heavy atom. The van der Waals surface area contributed by atoms with E-state index in [9.17, 15) is 18.1 Å². The molecule has 0 bridgehead atoms. The van der Waals surface area contributed by atoms with Gasteiger partial charge in [0.15, 0.2) is 0 Å². The predicted molar refractivity (Wildman–Crippen MR) is 93.1 cm³/mol. The highest BCUT2D eigenvalue weighted by Gasteiger charge is 2.02. The van der Waals surface area contributed by atoms with Crippen LogP contribution < -0.4 is 4.72 Å². The summed E-state index contributed by atoms with van der Waals surface area (Å²) in [6.07, 6.45) is 1.91. The summed E-state index contributed by atoms with van der Waals surface area (Å²) in [7, 11) is -3.30. The molecule has 24 heavy (non-hydrogen) atoms. The van der Waals surface area contributed by atoms with Crippen LogP contribution in [0.15, 0.2) is 53.7 Å². The van der Waals surface area contributed by atoms with E-state index < -0.39 is 16.0 Å². The van der Waals surface area contributed by atoms with Crippen molar-refractivity contribution >= 4 is 27.4 Å². The van der Waals surface area contributed by atoms with Gasteiger partial charge in [0.1, 0.15) is 5.69 Å². The number of sulfonamides is 1. The van der Waals surface area contributed by atoms with Crippen molar-refractivity contribution in [2.24, 2.45) is 5.18 Å². The molecule has 0 aromatic heterocycles. The maximum atomic E-state index is 10.8. The lowest BCUT2D eigenvalue weighted by Crippen LogP contribution is -2.09. The monoisotopic (exact) mass is 350 g/mol. The third kappa shape index (κ3) is 7.01. The minimum Gasteiger partial charge on any atom is -0.478 e. The van der Waals surface area contributed by atoms with E-state index in [-0.39, 0.29) is 5.69 Å². The molecule has 2 aromatic rings. The number of anilines is 1. The summed E-state index contributed by atoms with van der Waals surface area (Å²) in [4.78, 5) is 20.6. The number of hydrogen-bond donors (Lipinski definition) is 2. The average molecular weight is 350 g/mol. The van der Waals surface area contributed by atoms with Gasteiger partial charge in [0.2, 0.25) is 10.0 Å². The Hall–Kier alpha value is -2.74. The van der Waals surface area contributed by atoms with Crippen LogP contribution in [0.2, 0.25) is 0 Å². The molecule has 7 nitrogen and oxygen atoms in total. The topological polar surface area (TPSA) is 113 Å². The fraction of sp³-hybridized carbons (Fsp3) is 0.188. The molecule has 0 saturated carbocycles. The van der Waals surface area contributed by atoms with Crippen LogP contribution in [0.4, 0.5) is 11.4 Å². The van der Waals surface area contributed by atoms with Crippen molar-refractivity contribution in [3.05, 3.63) is 64.6 Å². The number of benzene rings is 2. The van der Waals surface area contributed by atoms with Crippen molar-refractivity contribution in [1.82, 2.24) is 0 Å². The van der Waals surface area contributed by atoms with E-state index in [4.69, 9.17) is 5.11 Å². The lowest BCUT2D eigenvalue weighted by molar-refractivity contribution is 0.0696. The van der Waals surface area contributed by atoms with E-state index in [1.165, 1.54) is 18.2 Å². The van der Waals surface area contributed by atoms with Crippen molar-refractivity contribution in [3.63, 3.8) is 0 Å². The number of nitroso groups, excluding NO2 is 1. The van der Waals surface area contributed by atoms with Crippen molar-refractivity contribution in [3.8, 4) is 0 Å². The van der Waals surface area contributed by atoms with Gasteiger partial charge in [0.05, 0.1) is 17.5 Å². The van der Waals surface area contributed by atoms with E-state index in [0.717, 1.165) is 18.2 Å². The molecule has 128 valence electrons. The predicted octanol–water partition coefficient (Wildman–Crippen LogP) is 3.40. The second-order valence-electron chi connectivity index (χ2n) is 4.87. The Bertz CT molecular complexity index is 819. The zero-order valence-corrected chi connectivity index (χ0v) is 14.1. The number of nitrogens with one attached hydrogen (secondary N) is 1. The van der Waals surface area contributed by atoms with Gasteiger partial charge in [-0.1, -0.05) is 25.1 Å². The van der Waals surface area contributed by atoms with Crippen LogP contribution in [0.3, 0.4) is 0 Å². The molecule has 2 N–H and O–H groups in total. The molecule has 0 atom stereocenters. The molecule has 0 aliphatic heterocycles. The van der Waals surface area contributed by atoms with Gasteiger partial charge in [-0.25, -0.2) is 13.2 Å².